The van der Waals surface area contributed by atoms with Crippen LogP contribution in [0.2, 0.25) is 0 Å². The highest BCUT2D eigenvalue weighted by atomic mass is 16.4. The molecular weight excluding hydrogens is 264 g/mol. The van der Waals surface area contributed by atoms with Crippen molar-refractivity contribution in [1.82, 2.24) is 0 Å². The predicted molar refractivity (Wildman–Crippen MR) is 86.1 cm³/mol. The number of rotatable bonds is 13. The molecule has 0 aliphatic carbocycles. The minimum absolute atomic E-state index is 0.271. The van der Waals surface area contributed by atoms with Gasteiger partial charge in [-0.1, -0.05) is 51.4 Å². The summed E-state index contributed by atoms with van der Waals surface area (Å²) >= 11 is 0. The van der Waals surface area contributed by atoms with Crippen LogP contribution in [0.4, 0.5) is 0 Å². The Morgan fingerprint density at radius 2 is 1.43 bits per heavy atom. The molecular formula is C18H30O3. The Bertz CT molecular complexity index is 336. The van der Waals surface area contributed by atoms with Crippen molar-refractivity contribution in [3.8, 4) is 11.8 Å². The zero-order valence-corrected chi connectivity index (χ0v) is 13.5. The Morgan fingerprint density at radius 3 is 2.14 bits per heavy atom. The van der Waals surface area contributed by atoms with Crippen molar-refractivity contribution < 1.29 is 14.7 Å². The molecule has 0 aliphatic rings. The van der Waals surface area contributed by atoms with E-state index >= 15 is 0 Å². The van der Waals surface area contributed by atoms with Crippen molar-refractivity contribution in [2.75, 3.05) is 0 Å². The molecule has 21 heavy (non-hydrogen) atoms. The largest absolute Gasteiger partial charge is 0.481 e. The maximum atomic E-state index is 11.5. The fourth-order valence-electron chi connectivity index (χ4n) is 2.11. The van der Waals surface area contributed by atoms with E-state index in [1.54, 1.807) is 0 Å². The molecule has 0 saturated heterocycles. The van der Waals surface area contributed by atoms with Crippen LogP contribution in [0.1, 0.15) is 90.4 Å². The number of Topliss-reactive ketones (excluding diaryl/α,β-unsaturated/α-hetero) is 1. The van der Waals surface area contributed by atoms with E-state index in [2.05, 4.69) is 18.8 Å². The third kappa shape index (κ3) is 16.6. The second-order valence-corrected chi connectivity index (χ2v) is 5.54. The number of carbonyl (C=O) groups excluding carboxylic acids is 1. The fourth-order valence-corrected chi connectivity index (χ4v) is 2.11. The van der Waals surface area contributed by atoms with Gasteiger partial charge in [0.25, 0.3) is 0 Å². The second-order valence-electron chi connectivity index (χ2n) is 5.54. The first-order chi connectivity index (χ1) is 10.2. The summed E-state index contributed by atoms with van der Waals surface area (Å²) in [6.07, 6.45) is 11.8. The summed E-state index contributed by atoms with van der Waals surface area (Å²) in [5.41, 5.74) is 0. The zero-order chi connectivity index (χ0) is 15.8. The minimum Gasteiger partial charge on any atom is -0.481 e. The van der Waals surface area contributed by atoms with Crippen LogP contribution >= 0.6 is 0 Å². The molecule has 0 spiro atoms. The quantitative estimate of drug-likeness (QED) is 0.394. The molecule has 0 aromatic carbocycles. The molecule has 0 saturated carbocycles. The molecule has 0 atom stereocenters. The van der Waals surface area contributed by atoms with Gasteiger partial charge < -0.3 is 5.11 Å². The molecule has 0 fully saturated rings. The molecule has 0 heterocycles. The Kier molecular flexibility index (Phi) is 14.2. The molecule has 0 amide bonds. The van der Waals surface area contributed by atoms with Gasteiger partial charge in [-0.05, 0) is 19.3 Å². The van der Waals surface area contributed by atoms with Crippen LogP contribution in [0.25, 0.3) is 0 Å². The van der Waals surface area contributed by atoms with Gasteiger partial charge in [-0.3, -0.25) is 9.59 Å². The SMILES string of the molecule is CCCCCCC(=O)CC#CCCCCCCCC(=O)O. The van der Waals surface area contributed by atoms with Gasteiger partial charge >= 0.3 is 5.97 Å². The van der Waals surface area contributed by atoms with Crippen molar-refractivity contribution in [2.45, 2.75) is 90.4 Å². The number of carboxylic acids is 1. The highest BCUT2D eigenvalue weighted by Gasteiger charge is 1.98. The third-order valence-corrected chi connectivity index (χ3v) is 3.41. The van der Waals surface area contributed by atoms with Gasteiger partial charge in [-0.2, -0.15) is 0 Å². The first-order valence-electron chi connectivity index (χ1n) is 8.36. The lowest BCUT2D eigenvalue weighted by molar-refractivity contribution is -0.137. The van der Waals surface area contributed by atoms with E-state index in [-0.39, 0.29) is 12.2 Å². The van der Waals surface area contributed by atoms with Crippen LogP contribution in [0.5, 0.6) is 0 Å². The molecule has 0 bridgehead atoms. The molecule has 0 radical (unpaired) electrons. The first kappa shape index (κ1) is 19.7. The lowest BCUT2D eigenvalue weighted by atomic mass is 10.1. The Labute approximate surface area is 129 Å². The summed E-state index contributed by atoms with van der Waals surface area (Å²) in [6, 6.07) is 0. The Hall–Kier alpha value is -1.30. The van der Waals surface area contributed by atoms with Crippen molar-refractivity contribution in [2.24, 2.45) is 0 Å². The average Bonchev–Trinajstić information content (AvgIpc) is 2.45. The molecule has 0 rings (SSSR count). The monoisotopic (exact) mass is 294 g/mol. The normalized spacial score (nSPS) is 9.95. The number of carboxylic acid groups (broad SMARTS) is 1. The summed E-state index contributed by atoms with van der Waals surface area (Å²) in [7, 11) is 0. The summed E-state index contributed by atoms with van der Waals surface area (Å²) in [4.78, 5) is 21.8. The molecule has 120 valence electrons. The van der Waals surface area contributed by atoms with Crippen LogP contribution < -0.4 is 0 Å². The molecule has 0 aromatic rings. The number of hydrogen-bond donors (Lipinski definition) is 1. The topological polar surface area (TPSA) is 54.4 Å². The van der Waals surface area contributed by atoms with Crippen LogP contribution in [0.3, 0.4) is 0 Å². The standard InChI is InChI=1S/C18H30O3/c1-2-3-4-11-14-17(19)15-12-9-7-5-6-8-10-13-16-18(20)21/h2-8,10-11,13-16H2,1H3,(H,20,21). The fraction of sp³-hybridized carbons (Fsp3) is 0.778. The predicted octanol–water partition coefficient (Wildman–Crippen LogP) is 4.73. The van der Waals surface area contributed by atoms with Crippen LogP contribution in [-0.4, -0.2) is 16.9 Å². The molecule has 0 unspecified atom stereocenters. The van der Waals surface area contributed by atoms with Crippen LogP contribution in [-0.2, 0) is 9.59 Å². The maximum absolute atomic E-state index is 11.5. The summed E-state index contributed by atoms with van der Waals surface area (Å²) in [6.45, 7) is 2.17. The number of carbonyl (C=O) groups is 2. The van der Waals surface area contributed by atoms with E-state index in [0.717, 1.165) is 51.4 Å². The lowest BCUT2D eigenvalue weighted by Gasteiger charge is -1.97. The van der Waals surface area contributed by atoms with E-state index in [1.165, 1.54) is 12.8 Å². The van der Waals surface area contributed by atoms with E-state index in [4.69, 9.17) is 5.11 Å². The zero-order valence-electron chi connectivity index (χ0n) is 13.5. The molecule has 0 aromatic heterocycles. The summed E-state index contributed by atoms with van der Waals surface area (Å²) in [5.74, 6) is 5.59. The number of unbranched alkanes of at least 4 members (excludes halogenated alkanes) is 8. The highest BCUT2D eigenvalue weighted by Crippen LogP contribution is 2.07. The average molecular weight is 294 g/mol. The summed E-state index contributed by atoms with van der Waals surface area (Å²) in [5, 5.41) is 8.49. The van der Waals surface area contributed by atoms with Crippen molar-refractivity contribution >= 4 is 11.8 Å². The van der Waals surface area contributed by atoms with Gasteiger partial charge in [0.2, 0.25) is 0 Å². The number of hydrogen-bond acceptors (Lipinski definition) is 2. The van der Waals surface area contributed by atoms with E-state index < -0.39 is 5.97 Å². The molecule has 1 N–H and O–H groups in total. The van der Waals surface area contributed by atoms with E-state index in [9.17, 15) is 9.59 Å². The second kappa shape index (κ2) is 15.1. The maximum Gasteiger partial charge on any atom is 0.303 e. The summed E-state index contributed by atoms with van der Waals surface area (Å²) < 4.78 is 0. The Balaban J connectivity index is 3.33. The van der Waals surface area contributed by atoms with E-state index in [0.29, 0.717) is 12.8 Å². The van der Waals surface area contributed by atoms with Crippen LogP contribution in [0, 0.1) is 11.8 Å². The molecule has 3 nitrogen and oxygen atoms in total. The smallest absolute Gasteiger partial charge is 0.303 e. The van der Waals surface area contributed by atoms with Gasteiger partial charge in [0.1, 0.15) is 5.78 Å². The van der Waals surface area contributed by atoms with Crippen molar-refractivity contribution in [3.05, 3.63) is 0 Å². The number of aliphatic carboxylic acids is 1. The highest BCUT2D eigenvalue weighted by molar-refractivity contribution is 5.80. The number of ketones is 1. The van der Waals surface area contributed by atoms with E-state index in [1.807, 2.05) is 0 Å². The van der Waals surface area contributed by atoms with Crippen LogP contribution in [0.15, 0.2) is 0 Å². The van der Waals surface area contributed by atoms with Crippen molar-refractivity contribution in [3.63, 3.8) is 0 Å². The van der Waals surface area contributed by atoms with Gasteiger partial charge in [-0.25, -0.2) is 0 Å². The Morgan fingerprint density at radius 1 is 0.810 bits per heavy atom. The van der Waals surface area contributed by atoms with Crippen molar-refractivity contribution in [1.29, 1.82) is 0 Å². The van der Waals surface area contributed by atoms with Gasteiger partial charge in [-0.15, -0.1) is 5.92 Å². The molecule has 3 heteroatoms. The van der Waals surface area contributed by atoms with Gasteiger partial charge in [0.15, 0.2) is 0 Å². The van der Waals surface area contributed by atoms with Gasteiger partial charge in [0.05, 0.1) is 6.42 Å². The molecule has 0 aliphatic heterocycles. The first-order valence-corrected chi connectivity index (χ1v) is 8.36. The lowest BCUT2D eigenvalue weighted by Crippen LogP contribution is -1.95. The van der Waals surface area contributed by atoms with Gasteiger partial charge in [0, 0.05) is 19.3 Å². The third-order valence-electron chi connectivity index (χ3n) is 3.41. The minimum atomic E-state index is -0.708.